The van der Waals surface area contributed by atoms with Crippen molar-refractivity contribution in [2.75, 3.05) is 5.73 Å². The van der Waals surface area contributed by atoms with Gasteiger partial charge in [0, 0.05) is 17.0 Å². The molecule has 0 fully saturated rings. The van der Waals surface area contributed by atoms with Gasteiger partial charge >= 0.3 is 0 Å². The molecule has 3 heteroatoms. The lowest BCUT2D eigenvalue weighted by atomic mass is 9.99. The van der Waals surface area contributed by atoms with Gasteiger partial charge < -0.3 is 11.5 Å². The van der Waals surface area contributed by atoms with Crippen molar-refractivity contribution in [3.63, 3.8) is 0 Å². The molecular formula is C12H16N2O. The van der Waals surface area contributed by atoms with E-state index in [1.54, 1.807) is 13.0 Å². The zero-order chi connectivity index (χ0) is 11.6. The predicted molar refractivity (Wildman–Crippen MR) is 63.1 cm³/mol. The van der Waals surface area contributed by atoms with Gasteiger partial charge in [-0.25, -0.2) is 0 Å². The van der Waals surface area contributed by atoms with Crippen molar-refractivity contribution in [2.24, 2.45) is 5.73 Å². The predicted octanol–water partition coefficient (Wildman–Crippen LogP) is 1.86. The number of anilines is 1. The van der Waals surface area contributed by atoms with Gasteiger partial charge in [0.2, 0.25) is 0 Å². The van der Waals surface area contributed by atoms with Gasteiger partial charge in [-0.2, -0.15) is 0 Å². The molecule has 0 aliphatic rings. The normalized spacial score (nSPS) is 12.2. The van der Waals surface area contributed by atoms with Crippen molar-refractivity contribution in [1.29, 1.82) is 0 Å². The number of carbonyl (C=O) groups is 1. The van der Waals surface area contributed by atoms with E-state index in [4.69, 9.17) is 11.5 Å². The molecule has 0 bridgehead atoms. The van der Waals surface area contributed by atoms with E-state index in [2.05, 4.69) is 0 Å². The molecule has 0 aliphatic heterocycles. The van der Waals surface area contributed by atoms with Crippen molar-refractivity contribution in [3.05, 3.63) is 35.0 Å². The van der Waals surface area contributed by atoms with E-state index in [0.29, 0.717) is 17.0 Å². The van der Waals surface area contributed by atoms with Gasteiger partial charge in [-0.15, -0.1) is 0 Å². The van der Waals surface area contributed by atoms with Crippen LogP contribution in [0.2, 0.25) is 0 Å². The third-order valence-corrected chi connectivity index (χ3v) is 2.31. The van der Waals surface area contributed by atoms with Gasteiger partial charge in [-0.05, 0) is 38.0 Å². The Morgan fingerprint density at radius 2 is 1.87 bits per heavy atom. The lowest BCUT2D eigenvalue weighted by Crippen LogP contribution is -2.05. The molecule has 0 saturated carbocycles. The Kier molecular flexibility index (Phi) is 3.14. The lowest BCUT2D eigenvalue weighted by Gasteiger charge is -2.08. The fraction of sp³-hybridized carbons (Fsp3) is 0.250. The van der Waals surface area contributed by atoms with Crippen molar-refractivity contribution in [2.45, 2.75) is 20.8 Å². The van der Waals surface area contributed by atoms with Gasteiger partial charge in [-0.3, -0.25) is 4.79 Å². The van der Waals surface area contributed by atoms with Crippen LogP contribution in [0.5, 0.6) is 0 Å². The number of carbonyl (C=O) groups excluding carboxylic acids is 1. The van der Waals surface area contributed by atoms with Crippen LogP contribution in [0.15, 0.2) is 23.9 Å². The molecule has 0 saturated heterocycles. The Morgan fingerprint density at radius 3 is 2.27 bits per heavy atom. The SMILES string of the molecule is CC(=O)/C(=C(/C)N)c1ccc(C)c(N)c1. The van der Waals surface area contributed by atoms with Crippen molar-refractivity contribution >= 4 is 17.0 Å². The first-order chi connectivity index (χ1) is 6.93. The van der Waals surface area contributed by atoms with E-state index in [9.17, 15) is 4.79 Å². The fourth-order valence-corrected chi connectivity index (χ4v) is 1.50. The number of allylic oxidation sites excluding steroid dienone is 2. The standard InChI is InChI=1S/C12H16N2O/c1-7-4-5-10(6-11(7)14)12(8(2)13)9(3)15/h4-6H,13-14H2,1-3H3/b12-8+. The zero-order valence-corrected chi connectivity index (χ0v) is 9.29. The molecule has 4 N–H and O–H groups in total. The molecule has 0 spiro atoms. The van der Waals surface area contributed by atoms with Gasteiger partial charge in [0.25, 0.3) is 0 Å². The van der Waals surface area contributed by atoms with Crippen LogP contribution in [0.1, 0.15) is 25.0 Å². The largest absolute Gasteiger partial charge is 0.402 e. The lowest BCUT2D eigenvalue weighted by molar-refractivity contribution is -0.111. The summed E-state index contributed by atoms with van der Waals surface area (Å²) in [5.41, 5.74) is 15.0. The highest BCUT2D eigenvalue weighted by molar-refractivity contribution is 6.20. The molecule has 80 valence electrons. The smallest absolute Gasteiger partial charge is 0.162 e. The second-order valence-electron chi connectivity index (χ2n) is 3.69. The second-order valence-corrected chi connectivity index (χ2v) is 3.69. The minimum atomic E-state index is -0.0433. The summed E-state index contributed by atoms with van der Waals surface area (Å²) < 4.78 is 0. The van der Waals surface area contributed by atoms with Gasteiger partial charge in [0.15, 0.2) is 5.78 Å². The average molecular weight is 204 g/mol. The number of ketones is 1. The number of Topliss-reactive ketones (excluding diaryl/α,β-unsaturated/α-hetero) is 1. The highest BCUT2D eigenvalue weighted by atomic mass is 16.1. The number of hydrogen-bond donors (Lipinski definition) is 2. The van der Waals surface area contributed by atoms with E-state index in [1.807, 2.05) is 19.1 Å². The molecule has 0 amide bonds. The zero-order valence-electron chi connectivity index (χ0n) is 9.29. The first kappa shape index (κ1) is 11.3. The van der Waals surface area contributed by atoms with Crippen LogP contribution in [0.3, 0.4) is 0 Å². The molecular weight excluding hydrogens is 188 g/mol. The van der Waals surface area contributed by atoms with Gasteiger partial charge in [0.1, 0.15) is 0 Å². The first-order valence-electron chi connectivity index (χ1n) is 4.77. The molecule has 3 nitrogen and oxygen atoms in total. The van der Waals surface area contributed by atoms with Crippen LogP contribution in [0, 0.1) is 6.92 Å². The molecule has 15 heavy (non-hydrogen) atoms. The second kappa shape index (κ2) is 4.17. The molecule has 0 radical (unpaired) electrons. The van der Waals surface area contributed by atoms with Crippen LogP contribution in [-0.4, -0.2) is 5.78 Å². The number of nitrogen functional groups attached to an aromatic ring is 1. The number of benzene rings is 1. The molecule has 1 aromatic carbocycles. The number of hydrogen-bond acceptors (Lipinski definition) is 3. The Bertz CT molecular complexity index is 429. The number of nitrogens with two attached hydrogens (primary N) is 2. The van der Waals surface area contributed by atoms with Crippen LogP contribution in [-0.2, 0) is 4.79 Å². The Morgan fingerprint density at radius 1 is 1.27 bits per heavy atom. The summed E-state index contributed by atoms with van der Waals surface area (Å²) in [6, 6.07) is 5.53. The van der Waals surface area contributed by atoms with Gasteiger partial charge in [-0.1, -0.05) is 12.1 Å². The van der Waals surface area contributed by atoms with Crippen LogP contribution >= 0.6 is 0 Å². The summed E-state index contributed by atoms with van der Waals surface area (Å²) in [7, 11) is 0. The molecule has 0 aliphatic carbocycles. The minimum Gasteiger partial charge on any atom is -0.402 e. The maximum absolute atomic E-state index is 11.4. The molecule has 0 heterocycles. The van der Waals surface area contributed by atoms with Gasteiger partial charge in [0.05, 0.1) is 0 Å². The van der Waals surface area contributed by atoms with Crippen molar-refractivity contribution in [1.82, 2.24) is 0 Å². The molecule has 0 atom stereocenters. The average Bonchev–Trinajstić information content (AvgIpc) is 2.10. The van der Waals surface area contributed by atoms with Crippen LogP contribution in [0.4, 0.5) is 5.69 Å². The monoisotopic (exact) mass is 204 g/mol. The third kappa shape index (κ3) is 2.37. The number of aryl methyl sites for hydroxylation is 1. The van der Waals surface area contributed by atoms with Crippen LogP contribution in [0.25, 0.3) is 5.57 Å². The summed E-state index contributed by atoms with van der Waals surface area (Å²) >= 11 is 0. The fourth-order valence-electron chi connectivity index (χ4n) is 1.50. The summed E-state index contributed by atoms with van der Waals surface area (Å²) in [6.45, 7) is 5.14. The molecule has 0 aromatic heterocycles. The Hall–Kier alpha value is -1.77. The van der Waals surface area contributed by atoms with Crippen LogP contribution < -0.4 is 11.5 Å². The van der Waals surface area contributed by atoms with E-state index in [-0.39, 0.29) is 5.78 Å². The summed E-state index contributed by atoms with van der Waals surface area (Å²) in [5.74, 6) is -0.0433. The van der Waals surface area contributed by atoms with Crippen molar-refractivity contribution < 1.29 is 4.79 Å². The quantitative estimate of drug-likeness (QED) is 0.570. The molecule has 1 rings (SSSR count). The topological polar surface area (TPSA) is 69.1 Å². The first-order valence-corrected chi connectivity index (χ1v) is 4.77. The summed E-state index contributed by atoms with van der Waals surface area (Å²) in [5, 5.41) is 0. The van der Waals surface area contributed by atoms with Crippen molar-refractivity contribution in [3.8, 4) is 0 Å². The third-order valence-electron chi connectivity index (χ3n) is 2.31. The Balaban J connectivity index is 3.32. The van der Waals surface area contributed by atoms with E-state index in [0.717, 1.165) is 11.1 Å². The summed E-state index contributed by atoms with van der Waals surface area (Å²) in [6.07, 6.45) is 0. The highest BCUT2D eigenvalue weighted by Gasteiger charge is 2.10. The Labute approximate surface area is 89.8 Å². The van der Waals surface area contributed by atoms with E-state index in [1.165, 1.54) is 6.92 Å². The molecule has 0 unspecified atom stereocenters. The highest BCUT2D eigenvalue weighted by Crippen LogP contribution is 2.22. The number of rotatable bonds is 2. The maximum Gasteiger partial charge on any atom is 0.162 e. The van der Waals surface area contributed by atoms with E-state index < -0.39 is 0 Å². The van der Waals surface area contributed by atoms with E-state index >= 15 is 0 Å². The summed E-state index contributed by atoms with van der Waals surface area (Å²) in [4.78, 5) is 11.4. The molecule has 1 aromatic rings. The maximum atomic E-state index is 11.4. The minimum absolute atomic E-state index is 0.0433.